The van der Waals surface area contributed by atoms with Gasteiger partial charge in [-0.05, 0) is 29.9 Å². The zero-order chi connectivity index (χ0) is 14.1. The molecule has 1 aromatic heterocycles. The molecule has 1 heterocycles. The highest BCUT2D eigenvalue weighted by Crippen LogP contribution is 2.48. The summed E-state index contributed by atoms with van der Waals surface area (Å²) in [5.41, 5.74) is 0.909. The number of pyridine rings is 1. The maximum absolute atomic E-state index is 12.3. The fraction of sp³-hybridized carbons (Fsp3) is 0.400. The highest BCUT2D eigenvalue weighted by Gasteiger charge is 2.51. The van der Waals surface area contributed by atoms with Gasteiger partial charge in [-0.1, -0.05) is 18.2 Å². The number of carboxylic acids is 1. The Kier molecular flexibility index (Phi) is 3.26. The largest absolute Gasteiger partial charge is 0.481 e. The SMILES string of the molecule is O=C(O)C1C(C(=O)NCc2cccnc2)[C@H]2C=C[C@@H]1C2. The highest BCUT2D eigenvalue weighted by molar-refractivity contribution is 5.86. The van der Waals surface area contributed by atoms with E-state index in [1.165, 1.54) is 0 Å². The third-order valence-electron chi connectivity index (χ3n) is 4.24. The molecule has 2 aliphatic rings. The summed E-state index contributed by atoms with van der Waals surface area (Å²) in [7, 11) is 0. The normalized spacial score (nSPS) is 30.4. The van der Waals surface area contributed by atoms with Gasteiger partial charge >= 0.3 is 5.97 Å². The molecule has 104 valence electrons. The van der Waals surface area contributed by atoms with Gasteiger partial charge in [0, 0.05) is 18.9 Å². The van der Waals surface area contributed by atoms with Gasteiger partial charge in [-0.2, -0.15) is 0 Å². The molecule has 0 aromatic carbocycles. The van der Waals surface area contributed by atoms with E-state index in [0.717, 1.165) is 12.0 Å². The zero-order valence-electron chi connectivity index (χ0n) is 10.9. The van der Waals surface area contributed by atoms with Crippen molar-refractivity contribution in [2.75, 3.05) is 0 Å². The van der Waals surface area contributed by atoms with E-state index >= 15 is 0 Å². The molecule has 5 heteroatoms. The van der Waals surface area contributed by atoms with Gasteiger partial charge in [0.15, 0.2) is 0 Å². The van der Waals surface area contributed by atoms with Crippen LogP contribution < -0.4 is 5.32 Å². The van der Waals surface area contributed by atoms with Crippen LogP contribution in [0.15, 0.2) is 36.7 Å². The minimum absolute atomic E-state index is 0.00615. The number of allylic oxidation sites excluding steroid dienone is 2. The maximum Gasteiger partial charge on any atom is 0.307 e. The molecule has 0 aliphatic heterocycles. The van der Waals surface area contributed by atoms with Crippen molar-refractivity contribution in [2.24, 2.45) is 23.7 Å². The number of fused-ring (bicyclic) bond motifs is 2. The van der Waals surface area contributed by atoms with E-state index in [0.29, 0.717) is 6.54 Å². The molecule has 0 radical (unpaired) electrons. The van der Waals surface area contributed by atoms with E-state index in [1.54, 1.807) is 12.4 Å². The Morgan fingerprint density at radius 3 is 2.70 bits per heavy atom. The smallest absolute Gasteiger partial charge is 0.307 e. The van der Waals surface area contributed by atoms with Crippen molar-refractivity contribution in [3.05, 3.63) is 42.2 Å². The first kappa shape index (κ1) is 12.8. The Morgan fingerprint density at radius 2 is 2.05 bits per heavy atom. The van der Waals surface area contributed by atoms with E-state index in [4.69, 9.17) is 0 Å². The first-order valence-electron chi connectivity index (χ1n) is 6.74. The number of hydrogen-bond acceptors (Lipinski definition) is 3. The molecule has 3 rings (SSSR count). The second kappa shape index (κ2) is 5.07. The van der Waals surface area contributed by atoms with Crippen LogP contribution in [0.4, 0.5) is 0 Å². The Balaban J connectivity index is 1.68. The van der Waals surface area contributed by atoms with Gasteiger partial charge in [0.25, 0.3) is 0 Å². The van der Waals surface area contributed by atoms with Crippen molar-refractivity contribution in [3.8, 4) is 0 Å². The molecular weight excluding hydrogens is 256 g/mol. The van der Waals surface area contributed by atoms with Crippen LogP contribution in [0.2, 0.25) is 0 Å². The van der Waals surface area contributed by atoms with Crippen molar-refractivity contribution in [3.63, 3.8) is 0 Å². The van der Waals surface area contributed by atoms with Crippen LogP contribution in [-0.4, -0.2) is 22.0 Å². The monoisotopic (exact) mass is 272 g/mol. The summed E-state index contributed by atoms with van der Waals surface area (Å²) in [5.74, 6) is -2.00. The highest BCUT2D eigenvalue weighted by atomic mass is 16.4. The lowest BCUT2D eigenvalue weighted by Gasteiger charge is -2.23. The third kappa shape index (κ3) is 2.19. The lowest BCUT2D eigenvalue weighted by atomic mass is 9.82. The fourth-order valence-corrected chi connectivity index (χ4v) is 3.33. The topological polar surface area (TPSA) is 79.3 Å². The molecule has 1 fully saturated rings. The van der Waals surface area contributed by atoms with Crippen LogP contribution in [0.5, 0.6) is 0 Å². The van der Waals surface area contributed by atoms with Gasteiger partial charge in [-0.15, -0.1) is 0 Å². The van der Waals surface area contributed by atoms with E-state index in [1.807, 2.05) is 24.3 Å². The summed E-state index contributed by atoms with van der Waals surface area (Å²) >= 11 is 0. The van der Waals surface area contributed by atoms with E-state index in [-0.39, 0.29) is 17.7 Å². The van der Waals surface area contributed by atoms with Crippen molar-refractivity contribution in [1.82, 2.24) is 10.3 Å². The summed E-state index contributed by atoms with van der Waals surface area (Å²) in [4.78, 5) is 27.6. The van der Waals surface area contributed by atoms with Crippen LogP contribution in [-0.2, 0) is 16.1 Å². The number of hydrogen-bond donors (Lipinski definition) is 2. The maximum atomic E-state index is 12.3. The summed E-state index contributed by atoms with van der Waals surface area (Å²) < 4.78 is 0. The van der Waals surface area contributed by atoms with Gasteiger partial charge < -0.3 is 10.4 Å². The van der Waals surface area contributed by atoms with Gasteiger partial charge in [0.2, 0.25) is 5.91 Å². The van der Waals surface area contributed by atoms with Crippen molar-refractivity contribution < 1.29 is 14.7 Å². The van der Waals surface area contributed by atoms with Crippen LogP contribution in [0.25, 0.3) is 0 Å². The Morgan fingerprint density at radius 1 is 1.30 bits per heavy atom. The quantitative estimate of drug-likeness (QED) is 0.808. The molecule has 1 saturated carbocycles. The third-order valence-corrected chi connectivity index (χ3v) is 4.24. The molecule has 0 spiro atoms. The first-order chi connectivity index (χ1) is 9.66. The molecule has 2 aliphatic carbocycles. The average Bonchev–Trinajstić information content (AvgIpc) is 3.06. The molecule has 0 saturated heterocycles. The molecule has 20 heavy (non-hydrogen) atoms. The zero-order valence-corrected chi connectivity index (χ0v) is 10.9. The Bertz CT molecular complexity index is 555. The van der Waals surface area contributed by atoms with E-state index < -0.39 is 17.8 Å². The van der Waals surface area contributed by atoms with Crippen LogP contribution in [0, 0.1) is 23.7 Å². The molecule has 2 unspecified atom stereocenters. The van der Waals surface area contributed by atoms with Crippen LogP contribution >= 0.6 is 0 Å². The molecule has 1 aromatic rings. The summed E-state index contributed by atoms with van der Waals surface area (Å²) in [5, 5.41) is 12.2. The predicted octanol–water partition coefficient (Wildman–Crippen LogP) is 1.22. The van der Waals surface area contributed by atoms with Crippen LogP contribution in [0.3, 0.4) is 0 Å². The number of carboxylic acid groups (broad SMARTS) is 1. The number of nitrogens with zero attached hydrogens (tertiary/aromatic N) is 1. The Labute approximate surface area is 116 Å². The number of aromatic nitrogens is 1. The number of carbonyl (C=O) groups excluding carboxylic acids is 1. The number of rotatable bonds is 4. The molecule has 2 bridgehead atoms. The van der Waals surface area contributed by atoms with E-state index in [9.17, 15) is 14.7 Å². The lowest BCUT2D eigenvalue weighted by Crippen LogP contribution is -2.39. The van der Waals surface area contributed by atoms with E-state index in [2.05, 4.69) is 10.3 Å². The second-order valence-corrected chi connectivity index (χ2v) is 5.42. The number of nitrogens with one attached hydrogen (secondary N) is 1. The lowest BCUT2D eigenvalue weighted by molar-refractivity contribution is -0.147. The van der Waals surface area contributed by atoms with Gasteiger partial charge in [0.05, 0.1) is 11.8 Å². The first-order valence-corrected chi connectivity index (χ1v) is 6.74. The molecule has 4 atom stereocenters. The summed E-state index contributed by atoms with van der Waals surface area (Å²) in [6.07, 6.45) is 8.07. The van der Waals surface area contributed by atoms with Gasteiger partial charge in [0.1, 0.15) is 0 Å². The predicted molar refractivity (Wildman–Crippen MR) is 71.4 cm³/mol. The number of aliphatic carboxylic acids is 1. The van der Waals surface area contributed by atoms with Crippen LogP contribution in [0.1, 0.15) is 12.0 Å². The van der Waals surface area contributed by atoms with Gasteiger partial charge in [-0.25, -0.2) is 0 Å². The fourth-order valence-electron chi connectivity index (χ4n) is 3.33. The average molecular weight is 272 g/mol. The summed E-state index contributed by atoms with van der Waals surface area (Å²) in [6, 6.07) is 3.68. The molecular formula is C15H16N2O3. The van der Waals surface area contributed by atoms with Gasteiger partial charge in [-0.3, -0.25) is 14.6 Å². The number of amides is 1. The molecule has 2 N–H and O–H groups in total. The standard InChI is InChI=1S/C15H16N2O3/c18-14(17-8-9-2-1-5-16-7-9)12-10-3-4-11(6-10)13(12)15(19)20/h1-5,7,10-13H,6,8H2,(H,17,18)(H,19,20)/t10-,11+,12?,13?/m0/s1. The Hall–Kier alpha value is -2.17. The van der Waals surface area contributed by atoms with Crippen molar-refractivity contribution in [1.29, 1.82) is 0 Å². The molecule has 1 amide bonds. The summed E-state index contributed by atoms with van der Waals surface area (Å²) in [6.45, 7) is 0.386. The molecule has 5 nitrogen and oxygen atoms in total. The minimum atomic E-state index is -0.872. The van der Waals surface area contributed by atoms with Crippen molar-refractivity contribution in [2.45, 2.75) is 13.0 Å². The van der Waals surface area contributed by atoms with Crippen molar-refractivity contribution >= 4 is 11.9 Å². The second-order valence-electron chi connectivity index (χ2n) is 5.42. The minimum Gasteiger partial charge on any atom is -0.481 e. The number of carbonyl (C=O) groups is 2.